The lowest BCUT2D eigenvalue weighted by atomic mass is 10.1. The summed E-state index contributed by atoms with van der Waals surface area (Å²) in [7, 11) is 0. The fourth-order valence-corrected chi connectivity index (χ4v) is 2.57. The summed E-state index contributed by atoms with van der Waals surface area (Å²) in [5.74, 6) is 0.880. The second kappa shape index (κ2) is 6.94. The first-order valence-electron chi connectivity index (χ1n) is 6.91. The maximum absolute atomic E-state index is 12.4. The lowest BCUT2D eigenvalue weighted by Gasteiger charge is -2.30. The molecule has 1 fully saturated rings. The molecule has 0 aromatic heterocycles. The second-order valence-electron chi connectivity index (χ2n) is 4.85. The normalized spacial score (nSPS) is 17.1. The molecule has 104 valence electrons. The SMILES string of the molecule is CCC(Oc1ccc(Br)cc1)C(=O)N1CCCCC1. The molecule has 0 bridgehead atoms. The van der Waals surface area contributed by atoms with Crippen LogP contribution in [0.5, 0.6) is 5.75 Å². The molecule has 19 heavy (non-hydrogen) atoms. The number of hydrogen-bond acceptors (Lipinski definition) is 2. The minimum Gasteiger partial charge on any atom is -0.481 e. The molecule has 0 radical (unpaired) electrons. The van der Waals surface area contributed by atoms with Gasteiger partial charge in [-0.2, -0.15) is 0 Å². The van der Waals surface area contributed by atoms with Crippen LogP contribution in [0.4, 0.5) is 0 Å². The van der Waals surface area contributed by atoms with Crippen LogP contribution in [0, 0.1) is 0 Å². The minimum atomic E-state index is -0.362. The summed E-state index contributed by atoms with van der Waals surface area (Å²) in [5.41, 5.74) is 0. The predicted molar refractivity (Wildman–Crippen MR) is 79.3 cm³/mol. The van der Waals surface area contributed by atoms with E-state index in [9.17, 15) is 4.79 Å². The summed E-state index contributed by atoms with van der Waals surface area (Å²) in [6, 6.07) is 7.62. The van der Waals surface area contributed by atoms with Gasteiger partial charge in [0.1, 0.15) is 5.75 Å². The third kappa shape index (κ3) is 3.96. The van der Waals surface area contributed by atoms with E-state index in [0.717, 1.165) is 36.2 Å². The highest BCUT2D eigenvalue weighted by Crippen LogP contribution is 2.19. The van der Waals surface area contributed by atoms with Gasteiger partial charge in [0.25, 0.3) is 5.91 Å². The zero-order valence-electron chi connectivity index (χ0n) is 11.3. The van der Waals surface area contributed by atoms with Crippen molar-refractivity contribution in [2.75, 3.05) is 13.1 Å². The number of carbonyl (C=O) groups is 1. The van der Waals surface area contributed by atoms with Gasteiger partial charge in [-0.05, 0) is 49.9 Å². The summed E-state index contributed by atoms with van der Waals surface area (Å²) in [4.78, 5) is 14.3. The lowest BCUT2D eigenvalue weighted by Crippen LogP contribution is -2.44. The Labute approximate surface area is 123 Å². The molecule has 0 spiro atoms. The molecule has 1 aromatic carbocycles. The number of likely N-dealkylation sites (tertiary alicyclic amines) is 1. The Morgan fingerprint density at radius 3 is 2.47 bits per heavy atom. The van der Waals surface area contributed by atoms with Crippen LogP contribution in [-0.4, -0.2) is 30.0 Å². The fourth-order valence-electron chi connectivity index (χ4n) is 2.30. The first kappa shape index (κ1) is 14.4. The van der Waals surface area contributed by atoms with Crippen molar-refractivity contribution in [1.29, 1.82) is 0 Å². The molecule has 1 heterocycles. The monoisotopic (exact) mass is 325 g/mol. The lowest BCUT2D eigenvalue weighted by molar-refractivity contribution is -0.139. The quantitative estimate of drug-likeness (QED) is 0.846. The Morgan fingerprint density at radius 2 is 1.89 bits per heavy atom. The van der Waals surface area contributed by atoms with Crippen LogP contribution in [0.15, 0.2) is 28.7 Å². The van der Waals surface area contributed by atoms with E-state index in [4.69, 9.17) is 4.74 Å². The highest BCUT2D eigenvalue weighted by atomic mass is 79.9. The fraction of sp³-hybridized carbons (Fsp3) is 0.533. The molecule has 1 aromatic rings. The predicted octanol–water partition coefficient (Wildman–Crippen LogP) is 3.62. The number of piperidine rings is 1. The van der Waals surface area contributed by atoms with E-state index in [2.05, 4.69) is 15.9 Å². The van der Waals surface area contributed by atoms with E-state index >= 15 is 0 Å². The van der Waals surface area contributed by atoms with Crippen molar-refractivity contribution in [3.63, 3.8) is 0 Å². The van der Waals surface area contributed by atoms with Crippen LogP contribution in [0.25, 0.3) is 0 Å². The van der Waals surface area contributed by atoms with E-state index in [1.807, 2.05) is 36.1 Å². The number of carbonyl (C=O) groups excluding carboxylic acids is 1. The van der Waals surface area contributed by atoms with Crippen molar-refractivity contribution in [1.82, 2.24) is 4.90 Å². The van der Waals surface area contributed by atoms with E-state index < -0.39 is 0 Å². The third-order valence-electron chi connectivity index (χ3n) is 3.41. The van der Waals surface area contributed by atoms with Crippen LogP contribution in [0.2, 0.25) is 0 Å². The Kier molecular flexibility index (Phi) is 5.25. The van der Waals surface area contributed by atoms with Gasteiger partial charge >= 0.3 is 0 Å². The molecular weight excluding hydrogens is 306 g/mol. The Hall–Kier alpha value is -1.03. The number of ether oxygens (including phenoxy) is 1. The molecule has 0 aliphatic carbocycles. The third-order valence-corrected chi connectivity index (χ3v) is 3.93. The van der Waals surface area contributed by atoms with Crippen LogP contribution < -0.4 is 4.74 Å². The van der Waals surface area contributed by atoms with Crippen molar-refractivity contribution < 1.29 is 9.53 Å². The second-order valence-corrected chi connectivity index (χ2v) is 5.77. The van der Waals surface area contributed by atoms with Crippen molar-refractivity contribution in [2.24, 2.45) is 0 Å². The molecule has 1 amide bonds. The Morgan fingerprint density at radius 1 is 1.26 bits per heavy atom. The standard InChI is InChI=1S/C15H20BrNO2/c1-2-14(15(18)17-10-4-3-5-11-17)19-13-8-6-12(16)7-9-13/h6-9,14H,2-5,10-11H2,1H3. The topological polar surface area (TPSA) is 29.5 Å². The summed E-state index contributed by atoms with van der Waals surface area (Å²) in [6.07, 6.45) is 3.79. The molecule has 1 aliphatic rings. The summed E-state index contributed by atoms with van der Waals surface area (Å²) in [6.45, 7) is 3.74. The van der Waals surface area contributed by atoms with Crippen molar-refractivity contribution in [2.45, 2.75) is 38.7 Å². The number of halogens is 1. The smallest absolute Gasteiger partial charge is 0.263 e. The van der Waals surface area contributed by atoms with Crippen molar-refractivity contribution in [3.8, 4) is 5.75 Å². The van der Waals surface area contributed by atoms with E-state index in [-0.39, 0.29) is 12.0 Å². The highest BCUT2D eigenvalue weighted by Gasteiger charge is 2.25. The van der Waals surface area contributed by atoms with Crippen LogP contribution in [-0.2, 0) is 4.79 Å². The number of benzene rings is 1. The van der Waals surface area contributed by atoms with E-state index in [1.54, 1.807) is 0 Å². The molecule has 1 aliphatic heterocycles. The van der Waals surface area contributed by atoms with Crippen molar-refractivity contribution >= 4 is 21.8 Å². The van der Waals surface area contributed by atoms with Gasteiger partial charge < -0.3 is 9.64 Å². The van der Waals surface area contributed by atoms with Gasteiger partial charge in [-0.1, -0.05) is 22.9 Å². The number of nitrogens with zero attached hydrogens (tertiary/aromatic N) is 1. The molecule has 0 saturated carbocycles. The van der Waals surface area contributed by atoms with Gasteiger partial charge in [0, 0.05) is 17.6 Å². The summed E-state index contributed by atoms with van der Waals surface area (Å²) < 4.78 is 6.83. The van der Waals surface area contributed by atoms with Gasteiger partial charge in [0.2, 0.25) is 0 Å². The van der Waals surface area contributed by atoms with Gasteiger partial charge in [-0.25, -0.2) is 0 Å². The van der Waals surface area contributed by atoms with Gasteiger partial charge in [0.15, 0.2) is 6.10 Å². The molecule has 1 unspecified atom stereocenters. The summed E-state index contributed by atoms with van der Waals surface area (Å²) >= 11 is 3.39. The number of amides is 1. The highest BCUT2D eigenvalue weighted by molar-refractivity contribution is 9.10. The van der Waals surface area contributed by atoms with E-state index in [1.165, 1.54) is 6.42 Å². The number of hydrogen-bond donors (Lipinski definition) is 0. The largest absolute Gasteiger partial charge is 0.481 e. The molecule has 1 atom stereocenters. The maximum Gasteiger partial charge on any atom is 0.263 e. The Balaban J connectivity index is 1.98. The Bertz CT molecular complexity index is 413. The van der Waals surface area contributed by atoms with Crippen molar-refractivity contribution in [3.05, 3.63) is 28.7 Å². The summed E-state index contributed by atoms with van der Waals surface area (Å²) in [5, 5.41) is 0. The van der Waals surface area contributed by atoms with Crippen LogP contribution in [0.3, 0.4) is 0 Å². The van der Waals surface area contributed by atoms with Gasteiger partial charge in [0.05, 0.1) is 0 Å². The van der Waals surface area contributed by atoms with Crippen LogP contribution >= 0.6 is 15.9 Å². The minimum absolute atomic E-state index is 0.130. The molecule has 2 rings (SSSR count). The number of rotatable bonds is 4. The molecule has 1 saturated heterocycles. The van der Waals surface area contributed by atoms with Crippen LogP contribution in [0.1, 0.15) is 32.6 Å². The molecule has 0 N–H and O–H groups in total. The van der Waals surface area contributed by atoms with Gasteiger partial charge in [-0.3, -0.25) is 4.79 Å². The molecule has 4 heteroatoms. The molecule has 3 nitrogen and oxygen atoms in total. The first-order valence-corrected chi connectivity index (χ1v) is 7.71. The first-order chi connectivity index (χ1) is 9.20. The van der Waals surface area contributed by atoms with E-state index in [0.29, 0.717) is 6.42 Å². The average molecular weight is 326 g/mol. The maximum atomic E-state index is 12.4. The zero-order valence-corrected chi connectivity index (χ0v) is 12.9. The van der Waals surface area contributed by atoms with Gasteiger partial charge in [-0.15, -0.1) is 0 Å². The average Bonchev–Trinajstić information content (AvgIpc) is 2.47. The zero-order chi connectivity index (χ0) is 13.7. The molecular formula is C15H20BrNO2.